The average Bonchev–Trinajstić information content (AvgIpc) is 2.39. The number of amides is 2. The SMILES string of the molecule is Cc1ccc(C(=O)N2CCNCC2C(N)=O)cc1. The Morgan fingerprint density at radius 2 is 2.00 bits per heavy atom. The van der Waals surface area contributed by atoms with E-state index < -0.39 is 11.9 Å². The minimum absolute atomic E-state index is 0.139. The van der Waals surface area contributed by atoms with Crippen LogP contribution in [0.15, 0.2) is 24.3 Å². The summed E-state index contributed by atoms with van der Waals surface area (Å²) in [6.07, 6.45) is 0. The monoisotopic (exact) mass is 247 g/mol. The van der Waals surface area contributed by atoms with E-state index in [1.54, 1.807) is 17.0 Å². The third kappa shape index (κ3) is 2.51. The Morgan fingerprint density at radius 3 is 2.61 bits per heavy atom. The maximum atomic E-state index is 12.3. The molecule has 5 nitrogen and oxygen atoms in total. The highest BCUT2D eigenvalue weighted by Crippen LogP contribution is 2.11. The number of hydrogen-bond acceptors (Lipinski definition) is 3. The lowest BCUT2D eigenvalue weighted by Gasteiger charge is -2.34. The first kappa shape index (κ1) is 12.6. The van der Waals surface area contributed by atoms with Gasteiger partial charge < -0.3 is 16.0 Å². The summed E-state index contributed by atoms with van der Waals surface area (Å²) in [5.41, 5.74) is 7.01. The number of rotatable bonds is 2. The minimum Gasteiger partial charge on any atom is -0.368 e. The van der Waals surface area contributed by atoms with E-state index in [4.69, 9.17) is 5.73 Å². The topological polar surface area (TPSA) is 75.4 Å². The van der Waals surface area contributed by atoms with Gasteiger partial charge in [0.2, 0.25) is 5.91 Å². The first-order valence-electron chi connectivity index (χ1n) is 5.97. The van der Waals surface area contributed by atoms with E-state index >= 15 is 0 Å². The van der Waals surface area contributed by atoms with E-state index in [2.05, 4.69) is 5.32 Å². The largest absolute Gasteiger partial charge is 0.368 e. The molecule has 1 heterocycles. The zero-order valence-corrected chi connectivity index (χ0v) is 10.3. The normalized spacial score (nSPS) is 19.6. The number of nitrogens with two attached hydrogens (primary N) is 1. The maximum absolute atomic E-state index is 12.3. The van der Waals surface area contributed by atoms with Crippen LogP contribution in [0.3, 0.4) is 0 Å². The van der Waals surface area contributed by atoms with Gasteiger partial charge in [-0.05, 0) is 19.1 Å². The Kier molecular flexibility index (Phi) is 3.62. The summed E-state index contributed by atoms with van der Waals surface area (Å²) >= 11 is 0. The van der Waals surface area contributed by atoms with E-state index in [0.29, 0.717) is 25.2 Å². The summed E-state index contributed by atoms with van der Waals surface area (Å²) < 4.78 is 0. The number of aryl methyl sites for hydroxylation is 1. The second-order valence-electron chi connectivity index (χ2n) is 4.49. The molecular formula is C13H17N3O2. The fourth-order valence-electron chi connectivity index (χ4n) is 2.06. The Labute approximate surface area is 106 Å². The molecule has 0 spiro atoms. The Morgan fingerprint density at radius 1 is 1.33 bits per heavy atom. The molecule has 18 heavy (non-hydrogen) atoms. The summed E-state index contributed by atoms with van der Waals surface area (Å²) in [5.74, 6) is -0.608. The molecule has 5 heteroatoms. The molecule has 0 radical (unpaired) electrons. The average molecular weight is 247 g/mol. The van der Waals surface area contributed by atoms with Crippen molar-refractivity contribution in [3.63, 3.8) is 0 Å². The van der Waals surface area contributed by atoms with Crippen LogP contribution in [0.25, 0.3) is 0 Å². The Balaban J connectivity index is 2.20. The molecule has 1 aromatic rings. The minimum atomic E-state index is -0.562. The first-order valence-corrected chi connectivity index (χ1v) is 5.97. The van der Waals surface area contributed by atoms with Gasteiger partial charge in [0.05, 0.1) is 0 Å². The molecule has 0 aromatic heterocycles. The quantitative estimate of drug-likeness (QED) is 0.766. The van der Waals surface area contributed by atoms with E-state index in [-0.39, 0.29) is 5.91 Å². The summed E-state index contributed by atoms with van der Waals surface area (Å²) in [4.78, 5) is 25.2. The molecule has 96 valence electrons. The number of benzene rings is 1. The molecule has 0 saturated carbocycles. The molecule has 1 atom stereocenters. The number of carbonyl (C=O) groups is 2. The predicted molar refractivity (Wildman–Crippen MR) is 68.1 cm³/mol. The highest BCUT2D eigenvalue weighted by atomic mass is 16.2. The zero-order chi connectivity index (χ0) is 13.1. The van der Waals surface area contributed by atoms with Crippen molar-refractivity contribution in [3.05, 3.63) is 35.4 Å². The number of hydrogen-bond donors (Lipinski definition) is 2. The molecule has 0 aliphatic carbocycles. The van der Waals surface area contributed by atoms with Crippen LogP contribution in [-0.2, 0) is 4.79 Å². The van der Waals surface area contributed by atoms with Gasteiger partial charge in [-0.25, -0.2) is 0 Å². The van der Waals surface area contributed by atoms with Crippen LogP contribution >= 0.6 is 0 Å². The number of piperazine rings is 1. The van der Waals surface area contributed by atoms with Gasteiger partial charge in [-0.3, -0.25) is 9.59 Å². The van der Waals surface area contributed by atoms with Crippen LogP contribution in [0, 0.1) is 6.92 Å². The summed E-state index contributed by atoms with van der Waals surface area (Å²) in [5, 5.41) is 3.07. The van der Waals surface area contributed by atoms with Gasteiger partial charge >= 0.3 is 0 Å². The summed E-state index contributed by atoms with van der Waals surface area (Å²) in [7, 11) is 0. The molecule has 1 aromatic carbocycles. The molecule has 3 N–H and O–H groups in total. The standard InChI is InChI=1S/C13H17N3O2/c1-9-2-4-10(5-3-9)13(18)16-7-6-15-8-11(16)12(14)17/h2-5,11,15H,6-8H2,1H3,(H2,14,17). The second kappa shape index (κ2) is 5.18. The van der Waals surface area contributed by atoms with Crippen molar-refractivity contribution >= 4 is 11.8 Å². The van der Waals surface area contributed by atoms with Gasteiger partial charge in [0.1, 0.15) is 6.04 Å². The number of nitrogens with zero attached hydrogens (tertiary/aromatic N) is 1. The van der Waals surface area contributed by atoms with Crippen LogP contribution in [0.5, 0.6) is 0 Å². The molecular weight excluding hydrogens is 230 g/mol. The van der Waals surface area contributed by atoms with Crippen LogP contribution in [-0.4, -0.2) is 42.4 Å². The molecule has 1 aliphatic rings. The zero-order valence-electron chi connectivity index (χ0n) is 10.3. The van der Waals surface area contributed by atoms with Gasteiger partial charge in [0.25, 0.3) is 5.91 Å². The van der Waals surface area contributed by atoms with Gasteiger partial charge in [-0.2, -0.15) is 0 Å². The fourth-order valence-corrected chi connectivity index (χ4v) is 2.06. The Bertz CT molecular complexity index is 456. The third-order valence-corrected chi connectivity index (χ3v) is 3.13. The van der Waals surface area contributed by atoms with Crippen molar-refractivity contribution in [1.29, 1.82) is 0 Å². The van der Waals surface area contributed by atoms with E-state index in [9.17, 15) is 9.59 Å². The van der Waals surface area contributed by atoms with Crippen molar-refractivity contribution in [2.45, 2.75) is 13.0 Å². The first-order chi connectivity index (χ1) is 8.59. The number of nitrogens with one attached hydrogen (secondary N) is 1. The summed E-state index contributed by atoms with van der Waals surface area (Å²) in [6.45, 7) is 3.57. The molecule has 0 bridgehead atoms. The molecule has 2 amide bonds. The lowest BCUT2D eigenvalue weighted by molar-refractivity contribution is -0.122. The lowest BCUT2D eigenvalue weighted by atomic mass is 10.1. The van der Waals surface area contributed by atoms with Crippen LogP contribution < -0.4 is 11.1 Å². The molecule has 1 saturated heterocycles. The molecule has 1 unspecified atom stereocenters. The van der Waals surface area contributed by atoms with Crippen LogP contribution in [0.1, 0.15) is 15.9 Å². The summed E-state index contributed by atoms with van der Waals surface area (Å²) in [6, 6.07) is 6.76. The van der Waals surface area contributed by atoms with Crippen molar-refractivity contribution in [2.75, 3.05) is 19.6 Å². The van der Waals surface area contributed by atoms with Gasteiger partial charge in [0, 0.05) is 25.2 Å². The maximum Gasteiger partial charge on any atom is 0.254 e. The van der Waals surface area contributed by atoms with Crippen molar-refractivity contribution < 1.29 is 9.59 Å². The van der Waals surface area contributed by atoms with Gasteiger partial charge in [-0.1, -0.05) is 17.7 Å². The van der Waals surface area contributed by atoms with E-state index in [0.717, 1.165) is 5.56 Å². The molecule has 1 fully saturated rings. The predicted octanol–water partition coefficient (Wildman–Crippen LogP) is -0.106. The van der Waals surface area contributed by atoms with Crippen LogP contribution in [0.4, 0.5) is 0 Å². The number of carbonyl (C=O) groups excluding carboxylic acids is 2. The van der Waals surface area contributed by atoms with Crippen LogP contribution in [0.2, 0.25) is 0 Å². The highest BCUT2D eigenvalue weighted by molar-refractivity contribution is 5.97. The molecule has 1 aliphatic heterocycles. The van der Waals surface area contributed by atoms with Gasteiger partial charge in [-0.15, -0.1) is 0 Å². The number of primary amides is 1. The van der Waals surface area contributed by atoms with Gasteiger partial charge in [0.15, 0.2) is 0 Å². The molecule has 2 rings (SSSR count). The van der Waals surface area contributed by atoms with E-state index in [1.807, 2.05) is 19.1 Å². The smallest absolute Gasteiger partial charge is 0.254 e. The third-order valence-electron chi connectivity index (χ3n) is 3.13. The van der Waals surface area contributed by atoms with Crippen molar-refractivity contribution in [2.24, 2.45) is 5.73 Å². The van der Waals surface area contributed by atoms with Crippen molar-refractivity contribution in [1.82, 2.24) is 10.2 Å². The highest BCUT2D eigenvalue weighted by Gasteiger charge is 2.30. The Hall–Kier alpha value is -1.88. The second-order valence-corrected chi connectivity index (χ2v) is 4.49. The van der Waals surface area contributed by atoms with E-state index in [1.165, 1.54) is 0 Å². The fraction of sp³-hybridized carbons (Fsp3) is 0.385. The lowest BCUT2D eigenvalue weighted by Crippen LogP contribution is -2.58. The van der Waals surface area contributed by atoms with Crippen molar-refractivity contribution in [3.8, 4) is 0 Å².